The van der Waals surface area contributed by atoms with Crippen molar-refractivity contribution in [1.82, 2.24) is 11.5 Å². The third-order valence-electron chi connectivity index (χ3n) is 0.818. The first kappa shape index (κ1) is 11.9. The van der Waals surface area contributed by atoms with Gasteiger partial charge in [-0.3, -0.25) is 4.79 Å². The Hall–Kier alpha value is -0.870. The van der Waals surface area contributed by atoms with Crippen molar-refractivity contribution in [2.45, 2.75) is 6.92 Å². The number of nitrogens with one attached hydrogen (secondary N) is 1. The van der Waals surface area contributed by atoms with Gasteiger partial charge in [-0.1, -0.05) is 6.58 Å². The van der Waals surface area contributed by atoms with Crippen LogP contribution in [0.4, 0.5) is 0 Å². The van der Waals surface area contributed by atoms with Crippen LogP contribution in [0.1, 0.15) is 6.92 Å². The van der Waals surface area contributed by atoms with Gasteiger partial charge >= 0.3 is 0 Å². The van der Waals surface area contributed by atoms with Gasteiger partial charge in [0.25, 0.3) is 0 Å². The summed E-state index contributed by atoms with van der Waals surface area (Å²) in [5.41, 5.74) is 5.65. The lowest BCUT2D eigenvalue weighted by Gasteiger charge is -1.99. The molecule has 0 spiro atoms. The summed E-state index contributed by atoms with van der Waals surface area (Å²) < 4.78 is 0. The summed E-state index contributed by atoms with van der Waals surface area (Å²) >= 11 is 0. The molecule has 4 nitrogen and oxygen atoms in total. The van der Waals surface area contributed by atoms with Crippen molar-refractivity contribution in [3.63, 3.8) is 0 Å². The van der Waals surface area contributed by atoms with Crippen LogP contribution in [0.5, 0.6) is 0 Å². The lowest BCUT2D eigenvalue weighted by atomic mass is 10.3. The van der Waals surface area contributed by atoms with E-state index in [9.17, 15) is 4.79 Å². The molecule has 0 aliphatic heterocycles. The third kappa shape index (κ3) is 5.27. The van der Waals surface area contributed by atoms with Gasteiger partial charge in [0, 0.05) is 18.7 Å². The normalized spacial score (nSPS) is 7.80. The Balaban J connectivity index is 0. The second-order valence-electron chi connectivity index (χ2n) is 1.82. The van der Waals surface area contributed by atoms with Crippen LogP contribution >= 0.6 is 0 Å². The number of amides is 1. The van der Waals surface area contributed by atoms with Crippen LogP contribution in [0, 0.1) is 0 Å². The molecule has 0 atom stereocenters. The molecule has 0 heterocycles. The number of hydrogen-bond donors (Lipinski definition) is 3. The molecular formula is C6H15N3O. The van der Waals surface area contributed by atoms with E-state index in [1.807, 2.05) is 0 Å². The SMILES string of the molecule is C=C(C)C(=O)NCCN.N. The summed E-state index contributed by atoms with van der Waals surface area (Å²) in [6, 6.07) is 0. The van der Waals surface area contributed by atoms with Gasteiger partial charge in [-0.05, 0) is 6.92 Å². The maximum atomic E-state index is 10.6. The highest BCUT2D eigenvalue weighted by molar-refractivity contribution is 5.91. The molecular weight excluding hydrogens is 130 g/mol. The first-order valence-electron chi connectivity index (χ1n) is 2.82. The molecule has 4 heteroatoms. The first-order chi connectivity index (χ1) is 4.18. The molecule has 0 radical (unpaired) electrons. The molecule has 0 rings (SSSR count). The van der Waals surface area contributed by atoms with Crippen LogP contribution in [-0.4, -0.2) is 19.0 Å². The molecule has 0 aromatic heterocycles. The fourth-order valence-electron chi connectivity index (χ4n) is 0.337. The number of nitrogens with two attached hydrogens (primary N) is 1. The van der Waals surface area contributed by atoms with Crippen LogP contribution in [0.15, 0.2) is 12.2 Å². The molecule has 0 saturated carbocycles. The van der Waals surface area contributed by atoms with Gasteiger partial charge in [0.15, 0.2) is 0 Å². The van der Waals surface area contributed by atoms with Gasteiger partial charge < -0.3 is 17.2 Å². The summed E-state index contributed by atoms with van der Waals surface area (Å²) in [4.78, 5) is 10.6. The van der Waals surface area contributed by atoms with E-state index in [2.05, 4.69) is 11.9 Å². The Labute approximate surface area is 61.1 Å². The minimum absolute atomic E-state index is 0. The highest BCUT2D eigenvalue weighted by Crippen LogP contribution is 1.82. The van der Waals surface area contributed by atoms with Gasteiger partial charge in [-0.25, -0.2) is 0 Å². The summed E-state index contributed by atoms with van der Waals surface area (Å²) in [7, 11) is 0. The smallest absolute Gasteiger partial charge is 0.246 e. The van der Waals surface area contributed by atoms with E-state index >= 15 is 0 Å². The van der Waals surface area contributed by atoms with Crippen molar-refractivity contribution in [2.75, 3.05) is 13.1 Å². The topological polar surface area (TPSA) is 90.1 Å². The minimum atomic E-state index is -0.125. The van der Waals surface area contributed by atoms with Gasteiger partial charge in [0.2, 0.25) is 5.91 Å². The van der Waals surface area contributed by atoms with Gasteiger partial charge in [0.1, 0.15) is 0 Å². The van der Waals surface area contributed by atoms with Crippen LogP contribution in [-0.2, 0) is 4.79 Å². The molecule has 1 amide bonds. The quantitative estimate of drug-likeness (QED) is 0.480. The highest BCUT2D eigenvalue weighted by atomic mass is 16.1. The molecule has 10 heavy (non-hydrogen) atoms. The largest absolute Gasteiger partial charge is 0.351 e. The van der Waals surface area contributed by atoms with E-state index in [4.69, 9.17) is 5.73 Å². The predicted octanol–water partition coefficient (Wildman–Crippen LogP) is -0.201. The van der Waals surface area contributed by atoms with Crippen LogP contribution in [0.3, 0.4) is 0 Å². The summed E-state index contributed by atoms with van der Waals surface area (Å²) in [6.45, 7) is 6.10. The Bertz CT molecular complexity index is 122. The summed E-state index contributed by atoms with van der Waals surface area (Å²) in [6.07, 6.45) is 0. The molecule has 6 N–H and O–H groups in total. The van der Waals surface area contributed by atoms with Crippen LogP contribution < -0.4 is 17.2 Å². The Kier molecular flexibility index (Phi) is 7.42. The van der Waals surface area contributed by atoms with Gasteiger partial charge in [-0.15, -0.1) is 0 Å². The molecule has 0 aliphatic carbocycles. The third-order valence-corrected chi connectivity index (χ3v) is 0.818. The van der Waals surface area contributed by atoms with Crippen molar-refractivity contribution in [3.05, 3.63) is 12.2 Å². The number of carbonyl (C=O) groups excluding carboxylic acids is 1. The maximum Gasteiger partial charge on any atom is 0.246 e. The monoisotopic (exact) mass is 145 g/mol. The second kappa shape index (κ2) is 6.25. The molecule has 0 unspecified atom stereocenters. The zero-order valence-corrected chi connectivity index (χ0v) is 6.31. The molecule has 0 aromatic rings. The maximum absolute atomic E-state index is 10.6. The van der Waals surface area contributed by atoms with Crippen molar-refractivity contribution < 1.29 is 4.79 Å². The second-order valence-corrected chi connectivity index (χ2v) is 1.82. The zero-order valence-electron chi connectivity index (χ0n) is 6.31. The average Bonchev–Trinajstić information content (AvgIpc) is 1.82. The van der Waals surface area contributed by atoms with Crippen molar-refractivity contribution >= 4 is 5.91 Å². The van der Waals surface area contributed by atoms with E-state index < -0.39 is 0 Å². The van der Waals surface area contributed by atoms with Gasteiger partial charge in [0.05, 0.1) is 0 Å². The highest BCUT2D eigenvalue weighted by Gasteiger charge is 1.96. The number of rotatable bonds is 3. The molecule has 0 saturated heterocycles. The van der Waals surface area contributed by atoms with Gasteiger partial charge in [-0.2, -0.15) is 0 Å². The van der Waals surface area contributed by atoms with Crippen LogP contribution in [0.2, 0.25) is 0 Å². The number of hydrogen-bond acceptors (Lipinski definition) is 3. The Morgan fingerprint density at radius 3 is 2.50 bits per heavy atom. The van der Waals surface area contributed by atoms with E-state index in [1.165, 1.54) is 0 Å². The summed E-state index contributed by atoms with van der Waals surface area (Å²) in [5, 5.41) is 2.57. The van der Waals surface area contributed by atoms with Crippen molar-refractivity contribution in [2.24, 2.45) is 5.73 Å². The Morgan fingerprint density at radius 2 is 2.20 bits per heavy atom. The number of carbonyl (C=O) groups is 1. The van der Waals surface area contributed by atoms with E-state index in [1.54, 1.807) is 6.92 Å². The standard InChI is InChI=1S/C6H12N2O.H3N/c1-5(2)6(9)8-4-3-7;/h1,3-4,7H2,2H3,(H,8,9);1H3. The fraction of sp³-hybridized carbons (Fsp3) is 0.500. The molecule has 0 aromatic carbocycles. The Morgan fingerprint density at radius 1 is 1.70 bits per heavy atom. The minimum Gasteiger partial charge on any atom is -0.351 e. The lowest BCUT2D eigenvalue weighted by Crippen LogP contribution is -2.29. The van der Waals surface area contributed by atoms with Crippen molar-refractivity contribution in [1.29, 1.82) is 0 Å². The predicted molar refractivity (Wildman–Crippen MR) is 41.9 cm³/mol. The van der Waals surface area contributed by atoms with Crippen molar-refractivity contribution in [3.8, 4) is 0 Å². The van der Waals surface area contributed by atoms with Crippen LogP contribution in [0.25, 0.3) is 0 Å². The zero-order chi connectivity index (χ0) is 7.28. The molecule has 60 valence electrons. The van der Waals surface area contributed by atoms with E-state index in [0.717, 1.165) is 0 Å². The summed E-state index contributed by atoms with van der Waals surface area (Å²) in [5.74, 6) is -0.125. The van der Waals surface area contributed by atoms with E-state index in [0.29, 0.717) is 18.7 Å². The molecule has 0 aliphatic rings. The average molecular weight is 145 g/mol. The van der Waals surface area contributed by atoms with E-state index in [-0.39, 0.29) is 12.1 Å². The molecule has 0 fully saturated rings. The lowest BCUT2D eigenvalue weighted by molar-refractivity contribution is -0.117. The fourth-order valence-corrected chi connectivity index (χ4v) is 0.337. The molecule has 0 bridgehead atoms. The first-order valence-corrected chi connectivity index (χ1v) is 2.82.